The lowest BCUT2D eigenvalue weighted by Crippen LogP contribution is -2.25. The minimum absolute atomic E-state index is 0.0635. The van der Waals surface area contributed by atoms with Crippen LogP contribution >= 0.6 is 0 Å². The van der Waals surface area contributed by atoms with Crippen molar-refractivity contribution in [2.75, 3.05) is 19.4 Å². The molecule has 0 spiro atoms. The normalized spacial score (nSPS) is 13.1. The van der Waals surface area contributed by atoms with E-state index < -0.39 is 15.9 Å². The van der Waals surface area contributed by atoms with Crippen molar-refractivity contribution < 1.29 is 22.4 Å². The van der Waals surface area contributed by atoms with E-state index in [9.17, 15) is 13.2 Å². The molecule has 4 aromatic rings. The molecule has 0 unspecified atom stereocenters. The predicted octanol–water partition coefficient (Wildman–Crippen LogP) is 3.86. The molecule has 1 aliphatic rings. The molecule has 1 amide bonds. The van der Waals surface area contributed by atoms with Gasteiger partial charge in [0.1, 0.15) is 11.5 Å². The fraction of sp³-hybridized carbons (Fsp3) is 0.125. The zero-order chi connectivity index (χ0) is 23.9. The van der Waals surface area contributed by atoms with Crippen molar-refractivity contribution in [3.05, 3.63) is 83.9 Å². The molecule has 2 heterocycles. The van der Waals surface area contributed by atoms with Gasteiger partial charge in [-0.15, -0.1) is 5.10 Å². The summed E-state index contributed by atoms with van der Waals surface area (Å²) in [4.78, 5) is 13.4. The molecule has 0 atom stereocenters. The summed E-state index contributed by atoms with van der Waals surface area (Å²) in [5.74, 6) is 0.412. The number of rotatable bonds is 5. The average molecular weight is 477 g/mol. The van der Waals surface area contributed by atoms with E-state index in [1.807, 2.05) is 48.5 Å². The highest BCUT2D eigenvalue weighted by molar-refractivity contribution is 7.89. The summed E-state index contributed by atoms with van der Waals surface area (Å²) in [6, 6.07) is 20.7. The van der Waals surface area contributed by atoms with Crippen LogP contribution in [0.4, 0.5) is 6.01 Å². The van der Waals surface area contributed by atoms with Gasteiger partial charge in [0, 0.05) is 30.8 Å². The number of hydrogen-bond donors (Lipinski definition) is 1. The second kappa shape index (κ2) is 8.40. The van der Waals surface area contributed by atoms with E-state index in [1.165, 1.54) is 26.2 Å². The third-order valence-electron chi connectivity index (χ3n) is 5.48. The summed E-state index contributed by atoms with van der Waals surface area (Å²) in [5.41, 5.74) is 1.99. The van der Waals surface area contributed by atoms with Crippen LogP contribution < -0.4 is 10.1 Å². The van der Waals surface area contributed by atoms with Gasteiger partial charge in [-0.3, -0.25) is 10.1 Å². The van der Waals surface area contributed by atoms with E-state index in [2.05, 4.69) is 15.5 Å². The Kier molecular flexibility index (Phi) is 5.39. The van der Waals surface area contributed by atoms with E-state index in [1.54, 1.807) is 12.1 Å². The monoisotopic (exact) mass is 476 g/mol. The van der Waals surface area contributed by atoms with Crippen molar-refractivity contribution in [3.8, 4) is 23.0 Å². The van der Waals surface area contributed by atoms with Crippen LogP contribution in [0.3, 0.4) is 0 Å². The molecule has 3 aromatic carbocycles. The third-order valence-corrected chi connectivity index (χ3v) is 7.31. The molecule has 0 saturated heterocycles. The van der Waals surface area contributed by atoms with Crippen molar-refractivity contribution in [1.29, 1.82) is 0 Å². The number of aromatic nitrogens is 2. The van der Waals surface area contributed by atoms with Crippen LogP contribution in [-0.4, -0.2) is 42.9 Å². The summed E-state index contributed by atoms with van der Waals surface area (Å²) in [6.07, 6.45) is 0. The number of amides is 1. The number of hydrogen-bond acceptors (Lipinski definition) is 7. The molecule has 1 N–H and O–H groups in total. The number of anilines is 1. The molecular weight excluding hydrogens is 456 g/mol. The molecule has 0 bridgehead atoms. The Balaban J connectivity index is 1.40. The zero-order valence-electron chi connectivity index (χ0n) is 18.3. The van der Waals surface area contributed by atoms with E-state index >= 15 is 0 Å². The van der Waals surface area contributed by atoms with Crippen LogP contribution in [0.1, 0.15) is 17.0 Å². The molecule has 34 heavy (non-hydrogen) atoms. The first-order valence-corrected chi connectivity index (χ1v) is 11.8. The van der Waals surface area contributed by atoms with Crippen LogP contribution in [-0.2, 0) is 14.8 Å². The van der Waals surface area contributed by atoms with Gasteiger partial charge in [0.15, 0.2) is 0 Å². The molecule has 0 saturated carbocycles. The van der Waals surface area contributed by atoms with E-state index in [0.29, 0.717) is 17.1 Å². The Bertz CT molecular complexity index is 1430. The van der Waals surface area contributed by atoms with Crippen LogP contribution in [0.2, 0.25) is 0 Å². The Morgan fingerprint density at radius 2 is 1.47 bits per heavy atom. The highest BCUT2D eigenvalue weighted by atomic mass is 32.2. The van der Waals surface area contributed by atoms with Gasteiger partial charge in [-0.1, -0.05) is 41.5 Å². The minimum Gasteiger partial charge on any atom is -0.457 e. The van der Waals surface area contributed by atoms with Crippen LogP contribution in [0.25, 0.3) is 11.5 Å². The summed E-state index contributed by atoms with van der Waals surface area (Å²) < 4.78 is 37.2. The van der Waals surface area contributed by atoms with Crippen LogP contribution in [0.5, 0.6) is 11.5 Å². The molecule has 1 aliphatic heterocycles. The number of nitrogens with zero attached hydrogens (tertiary/aromatic N) is 3. The van der Waals surface area contributed by atoms with Crippen LogP contribution in [0, 0.1) is 0 Å². The lowest BCUT2D eigenvalue weighted by molar-refractivity contribution is -0.117. The van der Waals surface area contributed by atoms with Gasteiger partial charge < -0.3 is 9.15 Å². The van der Waals surface area contributed by atoms with Gasteiger partial charge in [-0.25, -0.2) is 12.7 Å². The Morgan fingerprint density at radius 3 is 2.06 bits per heavy atom. The Labute approximate surface area is 196 Å². The predicted molar refractivity (Wildman–Crippen MR) is 124 cm³/mol. The molecule has 0 aliphatic carbocycles. The van der Waals surface area contributed by atoms with Gasteiger partial charge >= 0.3 is 6.01 Å². The standard InChI is InChI=1S/C24H20N4O5S/c1-28(2)34(30,31)16-13-11-15(12-14-16)23-26-27-24(33-23)25-22(29)21-17-7-3-5-9-19(17)32-20-10-6-4-8-18(20)21/h3-14,21H,1-2H3,(H,25,27,29). The van der Waals surface area contributed by atoms with Crippen molar-refractivity contribution in [2.24, 2.45) is 0 Å². The van der Waals surface area contributed by atoms with Gasteiger partial charge in [0.05, 0.1) is 10.8 Å². The third kappa shape index (κ3) is 3.82. The van der Waals surface area contributed by atoms with E-state index in [0.717, 1.165) is 15.4 Å². The van der Waals surface area contributed by atoms with Crippen molar-refractivity contribution in [2.45, 2.75) is 10.8 Å². The van der Waals surface area contributed by atoms with Gasteiger partial charge in [-0.2, -0.15) is 0 Å². The van der Waals surface area contributed by atoms with Gasteiger partial charge in [0.25, 0.3) is 0 Å². The summed E-state index contributed by atoms with van der Waals surface area (Å²) in [6.45, 7) is 0. The number of fused-ring (bicyclic) bond motifs is 2. The number of sulfonamides is 1. The summed E-state index contributed by atoms with van der Waals surface area (Å²) in [5, 5.41) is 10.6. The molecule has 5 rings (SSSR count). The highest BCUT2D eigenvalue weighted by Gasteiger charge is 2.33. The molecule has 172 valence electrons. The first-order chi connectivity index (χ1) is 16.3. The molecular formula is C24H20N4O5S. The zero-order valence-corrected chi connectivity index (χ0v) is 19.1. The largest absolute Gasteiger partial charge is 0.457 e. The second-order valence-electron chi connectivity index (χ2n) is 7.82. The average Bonchev–Trinajstić information content (AvgIpc) is 3.30. The molecule has 10 heteroatoms. The van der Waals surface area contributed by atoms with Crippen molar-refractivity contribution in [3.63, 3.8) is 0 Å². The molecule has 1 aromatic heterocycles. The maximum absolute atomic E-state index is 13.3. The topological polar surface area (TPSA) is 115 Å². The SMILES string of the molecule is CN(C)S(=O)(=O)c1ccc(-c2nnc(NC(=O)C3c4ccccc4Oc4ccccc43)o2)cc1. The quantitative estimate of drug-likeness (QED) is 0.465. The Hall–Kier alpha value is -4.02. The summed E-state index contributed by atoms with van der Waals surface area (Å²) >= 11 is 0. The van der Waals surface area contributed by atoms with E-state index in [4.69, 9.17) is 9.15 Å². The smallest absolute Gasteiger partial charge is 0.322 e. The second-order valence-corrected chi connectivity index (χ2v) is 9.98. The maximum atomic E-state index is 13.3. The lowest BCUT2D eigenvalue weighted by atomic mass is 9.87. The molecule has 0 fully saturated rings. The highest BCUT2D eigenvalue weighted by Crippen LogP contribution is 2.44. The maximum Gasteiger partial charge on any atom is 0.322 e. The molecule has 0 radical (unpaired) electrons. The number of para-hydroxylation sites is 2. The number of carbonyl (C=O) groups is 1. The van der Waals surface area contributed by atoms with Crippen molar-refractivity contribution >= 4 is 21.9 Å². The number of benzene rings is 3. The van der Waals surface area contributed by atoms with Crippen LogP contribution in [0.15, 0.2) is 82.1 Å². The van der Waals surface area contributed by atoms with Gasteiger partial charge in [0.2, 0.25) is 21.8 Å². The number of nitrogens with one attached hydrogen (secondary N) is 1. The van der Waals surface area contributed by atoms with E-state index in [-0.39, 0.29) is 22.7 Å². The number of ether oxygens (including phenoxy) is 1. The Morgan fingerprint density at radius 1 is 0.882 bits per heavy atom. The first kappa shape index (κ1) is 21.8. The summed E-state index contributed by atoms with van der Waals surface area (Å²) in [7, 11) is -0.621. The fourth-order valence-electron chi connectivity index (χ4n) is 3.74. The fourth-order valence-corrected chi connectivity index (χ4v) is 4.64. The lowest BCUT2D eigenvalue weighted by Gasteiger charge is -2.26. The molecule has 9 nitrogen and oxygen atoms in total. The number of carbonyl (C=O) groups excluding carboxylic acids is 1. The van der Waals surface area contributed by atoms with Crippen molar-refractivity contribution in [1.82, 2.24) is 14.5 Å². The van der Waals surface area contributed by atoms with Gasteiger partial charge in [-0.05, 0) is 36.4 Å². The first-order valence-electron chi connectivity index (χ1n) is 10.4. The minimum atomic E-state index is -3.55.